The second-order valence-electron chi connectivity index (χ2n) is 5.50. The van der Waals surface area contributed by atoms with Crippen LogP contribution in [0.4, 0.5) is 5.69 Å². The van der Waals surface area contributed by atoms with E-state index in [1.54, 1.807) is 24.4 Å². The van der Waals surface area contributed by atoms with Crippen LogP contribution >= 0.6 is 34.5 Å². The Bertz CT molecular complexity index is 1090. The fourth-order valence-corrected chi connectivity index (χ4v) is 3.65. The minimum atomic E-state index is -0.227. The number of anilines is 1. The van der Waals surface area contributed by atoms with Crippen LogP contribution in [0.1, 0.15) is 0 Å². The molecule has 4 rings (SSSR count). The van der Waals surface area contributed by atoms with E-state index in [4.69, 9.17) is 23.2 Å². The number of benzene rings is 2. The van der Waals surface area contributed by atoms with Gasteiger partial charge >= 0.3 is 0 Å². The Morgan fingerprint density at radius 2 is 2.00 bits per heavy atom. The summed E-state index contributed by atoms with van der Waals surface area (Å²) in [6.45, 7) is 0.0816. The van der Waals surface area contributed by atoms with Gasteiger partial charge in [-0.05, 0) is 24.3 Å². The first-order valence-corrected chi connectivity index (χ1v) is 9.36. The van der Waals surface area contributed by atoms with Gasteiger partial charge in [-0.2, -0.15) is 0 Å². The molecule has 0 radical (unpaired) electrons. The molecule has 130 valence electrons. The fraction of sp³-hybridized carbons (Fsp3) is 0.0556. The number of hydrogen-bond acceptors (Lipinski definition) is 4. The zero-order chi connectivity index (χ0) is 18.1. The second kappa shape index (κ2) is 7.07. The molecule has 26 heavy (non-hydrogen) atoms. The number of fused-ring (bicyclic) bond motifs is 1. The molecule has 0 aliphatic rings. The molecule has 0 aliphatic heterocycles. The number of nitrogens with zero attached hydrogens (tertiary/aromatic N) is 3. The lowest BCUT2D eigenvalue weighted by molar-refractivity contribution is -0.116. The summed E-state index contributed by atoms with van der Waals surface area (Å²) < 4.78 is 1.85. The number of carbonyl (C=O) groups is 1. The predicted molar refractivity (Wildman–Crippen MR) is 106 cm³/mol. The van der Waals surface area contributed by atoms with Crippen molar-refractivity contribution in [3.8, 4) is 10.8 Å². The molecule has 0 saturated heterocycles. The van der Waals surface area contributed by atoms with Crippen LogP contribution in [0, 0.1) is 0 Å². The predicted octanol–water partition coefficient (Wildman–Crippen LogP) is 5.11. The summed E-state index contributed by atoms with van der Waals surface area (Å²) in [5.41, 5.74) is 2.15. The monoisotopic (exact) mass is 402 g/mol. The van der Waals surface area contributed by atoms with Gasteiger partial charge in [0.2, 0.25) is 5.91 Å². The normalized spacial score (nSPS) is 11.0. The van der Waals surface area contributed by atoms with E-state index >= 15 is 0 Å². The molecule has 0 atom stereocenters. The summed E-state index contributed by atoms with van der Waals surface area (Å²) in [4.78, 5) is 21.6. The molecule has 4 aromatic rings. The third kappa shape index (κ3) is 3.19. The van der Waals surface area contributed by atoms with Crippen LogP contribution in [0.2, 0.25) is 10.0 Å². The Morgan fingerprint density at radius 3 is 2.81 bits per heavy atom. The van der Waals surface area contributed by atoms with Gasteiger partial charge in [-0.25, -0.2) is 9.97 Å². The van der Waals surface area contributed by atoms with Gasteiger partial charge in [0.05, 0.1) is 26.8 Å². The average molecular weight is 403 g/mol. The van der Waals surface area contributed by atoms with E-state index in [1.165, 1.54) is 11.3 Å². The Hall–Kier alpha value is -2.41. The van der Waals surface area contributed by atoms with E-state index < -0.39 is 0 Å². The highest BCUT2D eigenvalue weighted by atomic mass is 35.5. The van der Waals surface area contributed by atoms with Gasteiger partial charge in [-0.15, -0.1) is 11.3 Å². The fourth-order valence-electron chi connectivity index (χ4n) is 2.67. The molecule has 5 nitrogen and oxygen atoms in total. The molecule has 0 unspecified atom stereocenters. The quantitative estimate of drug-likeness (QED) is 0.516. The average Bonchev–Trinajstić information content (AvgIpc) is 3.27. The van der Waals surface area contributed by atoms with Crippen LogP contribution in [0.5, 0.6) is 0 Å². The largest absolute Gasteiger partial charge is 0.323 e. The molecule has 0 aliphatic carbocycles. The Morgan fingerprint density at radius 1 is 1.15 bits per heavy atom. The van der Waals surface area contributed by atoms with E-state index in [0.717, 1.165) is 16.0 Å². The lowest BCUT2D eigenvalue weighted by Gasteiger charge is -2.10. The standard InChI is InChI=1S/C18H12Cl2N4OS/c19-11-4-3-6-13(16(11)20)22-15(25)10-24-14-7-2-1-5-12(14)23-17(24)18-21-8-9-26-18/h1-9H,10H2,(H,22,25). The maximum absolute atomic E-state index is 12.6. The van der Waals surface area contributed by atoms with Crippen LogP contribution in [0.3, 0.4) is 0 Å². The number of nitrogens with one attached hydrogen (secondary N) is 1. The summed E-state index contributed by atoms with van der Waals surface area (Å²) in [6.07, 6.45) is 1.72. The number of rotatable bonds is 4. The lowest BCUT2D eigenvalue weighted by atomic mass is 10.3. The highest BCUT2D eigenvalue weighted by molar-refractivity contribution is 7.13. The van der Waals surface area contributed by atoms with Gasteiger partial charge in [0, 0.05) is 11.6 Å². The summed E-state index contributed by atoms with van der Waals surface area (Å²) in [5.74, 6) is 0.434. The van der Waals surface area contributed by atoms with E-state index in [0.29, 0.717) is 21.6 Å². The molecule has 1 amide bonds. The summed E-state index contributed by atoms with van der Waals surface area (Å²) >= 11 is 13.6. The number of amides is 1. The molecular formula is C18H12Cl2N4OS. The molecule has 2 heterocycles. The van der Waals surface area contributed by atoms with E-state index in [2.05, 4.69) is 15.3 Å². The highest BCUT2D eigenvalue weighted by Gasteiger charge is 2.17. The molecule has 8 heteroatoms. The summed E-state index contributed by atoms with van der Waals surface area (Å²) in [6, 6.07) is 12.8. The number of hydrogen-bond donors (Lipinski definition) is 1. The van der Waals surface area contributed by atoms with Crippen molar-refractivity contribution < 1.29 is 4.79 Å². The van der Waals surface area contributed by atoms with Crippen molar-refractivity contribution in [2.75, 3.05) is 5.32 Å². The maximum Gasteiger partial charge on any atom is 0.244 e. The van der Waals surface area contributed by atoms with Gasteiger partial charge in [-0.3, -0.25) is 4.79 Å². The first kappa shape index (κ1) is 17.0. The SMILES string of the molecule is O=C(Cn1c(-c2nccs2)nc2ccccc21)Nc1cccc(Cl)c1Cl. The van der Waals surface area contributed by atoms with Crippen molar-refractivity contribution in [2.24, 2.45) is 0 Å². The molecule has 2 aromatic heterocycles. The van der Waals surface area contributed by atoms with E-state index in [9.17, 15) is 4.79 Å². The first-order valence-electron chi connectivity index (χ1n) is 7.72. The molecule has 0 fully saturated rings. The summed E-state index contributed by atoms with van der Waals surface area (Å²) in [5, 5.41) is 6.15. The van der Waals surface area contributed by atoms with Gasteiger partial charge in [0.25, 0.3) is 0 Å². The molecule has 0 spiro atoms. The van der Waals surface area contributed by atoms with Crippen LogP contribution in [-0.4, -0.2) is 20.4 Å². The number of imidazole rings is 1. The third-order valence-electron chi connectivity index (χ3n) is 3.81. The van der Waals surface area contributed by atoms with Crippen molar-refractivity contribution in [3.05, 3.63) is 64.1 Å². The van der Waals surface area contributed by atoms with Crippen LogP contribution < -0.4 is 5.32 Å². The van der Waals surface area contributed by atoms with Gasteiger partial charge in [0.1, 0.15) is 6.54 Å². The Labute approximate surface area is 163 Å². The van der Waals surface area contributed by atoms with Crippen molar-refractivity contribution in [3.63, 3.8) is 0 Å². The smallest absolute Gasteiger partial charge is 0.244 e. The number of thiazole rings is 1. The van der Waals surface area contributed by atoms with Gasteiger partial charge < -0.3 is 9.88 Å². The molecule has 2 aromatic carbocycles. The second-order valence-corrected chi connectivity index (χ2v) is 7.18. The van der Waals surface area contributed by atoms with E-state index in [1.807, 2.05) is 34.2 Å². The summed E-state index contributed by atoms with van der Waals surface area (Å²) in [7, 11) is 0. The number of aromatic nitrogens is 3. The lowest BCUT2D eigenvalue weighted by Crippen LogP contribution is -2.19. The van der Waals surface area contributed by atoms with Crippen molar-refractivity contribution in [1.82, 2.24) is 14.5 Å². The third-order valence-corrected chi connectivity index (χ3v) is 5.39. The Balaban J connectivity index is 1.69. The van der Waals surface area contributed by atoms with Gasteiger partial charge in [-0.1, -0.05) is 41.4 Å². The van der Waals surface area contributed by atoms with Crippen LogP contribution in [-0.2, 0) is 11.3 Å². The zero-order valence-corrected chi connectivity index (χ0v) is 15.6. The molecule has 1 N–H and O–H groups in total. The number of halogens is 2. The van der Waals surface area contributed by atoms with Gasteiger partial charge in [0.15, 0.2) is 10.8 Å². The van der Waals surface area contributed by atoms with Crippen molar-refractivity contribution in [2.45, 2.75) is 6.54 Å². The topological polar surface area (TPSA) is 59.8 Å². The minimum Gasteiger partial charge on any atom is -0.323 e. The molecule has 0 bridgehead atoms. The number of para-hydroxylation sites is 2. The highest BCUT2D eigenvalue weighted by Crippen LogP contribution is 2.30. The molecule has 0 saturated carbocycles. The Kier molecular flexibility index (Phi) is 4.63. The maximum atomic E-state index is 12.6. The van der Waals surface area contributed by atoms with Crippen molar-refractivity contribution in [1.29, 1.82) is 0 Å². The van der Waals surface area contributed by atoms with Crippen molar-refractivity contribution >= 4 is 57.2 Å². The molecular weight excluding hydrogens is 391 g/mol. The van der Waals surface area contributed by atoms with Crippen LogP contribution in [0.25, 0.3) is 21.9 Å². The first-order chi connectivity index (χ1) is 12.6. The van der Waals surface area contributed by atoms with Crippen LogP contribution in [0.15, 0.2) is 54.0 Å². The zero-order valence-electron chi connectivity index (χ0n) is 13.3. The minimum absolute atomic E-state index is 0.0816. The number of carbonyl (C=O) groups excluding carboxylic acids is 1. The van der Waals surface area contributed by atoms with E-state index in [-0.39, 0.29) is 12.5 Å².